The molecule has 3 aromatic heterocycles. The zero-order chi connectivity index (χ0) is 18.6. The van der Waals surface area contributed by atoms with Gasteiger partial charge in [0.05, 0.1) is 5.75 Å². The number of nitrogens with zero attached hydrogens (tertiary/aromatic N) is 6. The highest BCUT2D eigenvalue weighted by atomic mass is 32.2. The van der Waals surface area contributed by atoms with Gasteiger partial charge in [-0.1, -0.05) is 47.3 Å². The first kappa shape index (κ1) is 17.4. The van der Waals surface area contributed by atoms with Crippen LogP contribution < -0.4 is 5.32 Å². The van der Waals surface area contributed by atoms with Crippen molar-refractivity contribution in [1.82, 2.24) is 29.9 Å². The molecule has 0 fully saturated rings. The van der Waals surface area contributed by atoms with Crippen LogP contribution >= 0.6 is 23.1 Å². The fourth-order valence-corrected chi connectivity index (χ4v) is 3.47. The predicted molar refractivity (Wildman–Crippen MR) is 101 cm³/mol. The first-order chi connectivity index (χ1) is 13.2. The van der Waals surface area contributed by atoms with E-state index >= 15 is 0 Å². The highest BCUT2D eigenvalue weighted by Crippen LogP contribution is 2.24. The highest BCUT2D eigenvalue weighted by Gasteiger charge is 2.19. The summed E-state index contributed by atoms with van der Waals surface area (Å²) in [6.07, 6.45) is 1.64. The van der Waals surface area contributed by atoms with Gasteiger partial charge in [0.1, 0.15) is 0 Å². The van der Waals surface area contributed by atoms with Crippen LogP contribution in [0.3, 0.4) is 0 Å². The Morgan fingerprint density at radius 1 is 1.30 bits per heavy atom. The quantitative estimate of drug-likeness (QED) is 0.493. The summed E-state index contributed by atoms with van der Waals surface area (Å²) in [5.74, 6) is 1.20. The second-order valence-corrected chi connectivity index (χ2v) is 7.17. The third-order valence-corrected chi connectivity index (χ3v) is 5.20. The number of thioether (sulfide) groups is 1. The van der Waals surface area contributed by atoms with Crippen molar-refractivity contribution in [2.75, 3.05) is 11.1 Å². The van der Waals surface area contributed by atoms with E-state index in [1.807, 2.05) is 30.3 Å². The molecule has 0 unspecified atom stereocenters. The largest absolute Gasteiger partial charge is 0.330 e. The zero-order valence-electron chi connectivity index (χ0n) is 14.1. The zero-order valence-corrected chi connectivity index (χ0v) is 15.7. The van der Waals surface area contributed by atoms with Crippen molar-refractivity contribution in [2.24, 2.45) is 7.05 Å². The summed E-state index contributed by atoms with van der Waals surface area (Å²) in [5, 5.41) is 17.8. The smallest absolute Gasteiger partial charge is 0.296 e. The van der Waals surface area contributed by atoms with Crippen LogP contribution in [-0.2, 0) is 11.8 Å². The Kier molecular flexibility index (Phi) is 4.94. The van der Waals surface area contributed by atoms with Crippen molar-refractivity contribution >= 4 is 34.1 Å². The van der Waals surface area contributed by atoms with Crippen molar-refractivity contribution in [2.45, 2.75) is 5.16 Å². The number of anilines is 1. The van der Waals surface area contributed by atoms with E-state index in [-0.39, 0.29) is 17.6 Å². The standard InChI is InChI=1S/C16H13N7O2S2/c1-23-13(14-19-12(22-25-14)10-5-3-2-4-6-10)20-21-16(23)27-9-11(24)18-15-17-7-8-26-15/h2-8H,9H2,1H3,(H,17,18,24). The molecule has 27 heavy (non-hydrogen) atoms. The Labute approximate surface area is 161 Å². The molecular weight excluding hydrogens is 386 g/mol. The van der Waals surface area contributed by atoms with Crippen molar-refractivity contribution in [3.05, 3.63) is 41.9 Å². The van der Waals surface area contributed by atoms with E-state index < -0.39 is 0 Å². The maximum atomic E-state index is 12.0. The molecule has 0 aliphatic carbocycles. The summed E-state index contributed by atoms with van der Waals surface area (Å²) in [6.45, 7) is 0. The number of hydrogen-bond donors (Lipinski definition) is 1. The molecule has 0 saturated heterocycles. The number of benzene rings is 1. The van der Waals surface area contributed by atoms with Gasteiger partial charge >= 0.3 is 0 Å². The fourth-order valence-electron chi connectivity index (χ4n) is 2.22. The lowest BCUT2D eigenvalue weighted by Crippen LogP contribution is -2.14. The van der Waals surface area contributed by atoms with E-state index in [1.165, 1.54) is 23.1 Å². The number of aromatic nitrogens is 6. The third-order valence-electron chi connectivity index (χ3n) is 3.50. The maximum Gasteiger partial charge on any atom is 0.296 e. The summed E-state index contributed by atoms with van der Waals surface area (Å²) < 4.78 is 7.03. The summed E-state index contributed by atoms with van der Waals surface area (Å²) in [6, 6.07) is 9.51. The Hall–Kier alpha value is -3.05. The summed E-state index contributed by atoms with van der Waals surface area (Å²) in [7, 11) is 1.78. The lowest BCUT2D eigenvalue weighted by molar-refractivity contribution is -0.113. The minimum Gasteiger partial charge on any atom is -0.330 e. The average molecular weight is 399 g/mol. The van der Waals surface area contributed by atoms with Gasteiger partial charge in [-0.05, 0) is 0 Å². The van der Waals surface area contributed by atoms with E-state index in [2.05, 4.69) is 30.6 Å². The summed E-state index contributed by atoms with van der Waals surface area (Å²) in [5.41, 5.74) is 0.850. The van der Waals surface area contributed by atoms with Crippen molar-refractivity contribution in [1.29, 1.82) is 0 Å². The monoisotopic (exact) mass is 399 g/mol. The van der Waals surface area contributed by atoms with Crippen LogP contribution in [0.15, 0.2) is 51.6 Å². The maximum absolute atomic E-state index is 12.0. The molecular formula is C16H13N7O2S2. The van der Waals surface area contributed by atoms with Gasteiger partial charge in [0, 0.05) is 24.2 Å². The second-order valence-electron chi connectivity index (χ2n) is 5.33. The Bertz CT molecular complexity index is 1040. The third kappa shape index (κ3) is 3.88. The molecule has 0 saturated carbocycles. The van der Waals surface area contributed by atoms with Gasteiger partial charge in [-0.15, -0.1) is 21.5 Å². The molecule has 4 aromatic rings. The second kappa shape index (κ2) is 7.68. The van der Waals surface area contributed by atoms with Gasteiger partial charge in [-0.3, -0.25) is 4.79 Å². The van der Waals surface area contributed by atoms with Gasteiger partial charge in [-0.25, -0.2) is 4.98 Å². The lowest BCUT2D eigenvalue weighted by atomic mass is 10.2. The molecule has 0 aliphatic heterocycles. The molecule has 0 radical (unpaired) electrons. The van der Waals surface area contributed by atoms with Crippen LogP contribution in [0.2, 0.25) is 0 Å². The van der Waals surface area contributed by atoms with Gasteiger partial charge in [0.25, 0.3) is 5.89 Å². The van der Waals surface area contributed by atoms with E-state index in [1.54, 1.807) is 23.2 Å². The minimum atomic E-state index is -0.163. The lowest BCUT2D eigenvalue weighted by Gasteiger charge is -2.02. The first-order valence-corrected chi connectivity index (χ1v) is 9.68. The average Bonchev–Trinajstić information content (AvgIpc) is 3.42. The van der Waals surface area contributed by atoms with E-state index in [0.717, 1.165) is 5.56 Å². The summed E-state index contributed by atoms with van der Waals surface area (Å²) in [4.78, 5) is 20.4. The van der Waals surface area contributed by atoms with Crippen LogP contribution in [-0.4, -0.2) is 41.5 Å². The number of nitrogens with one attached hydrogen (secondary N) is 1. The molecule has 9 nitrogen and oxygen atoms in total. The highest BCUT2D eigenvalue weighted by molar-refractivity contribution is 7.99. The first-order valence-electron chi connectivity index (χ1n) is 7.82. The van der Waals surface area contributed by atoms with Crippen molar-refractivity contribution in [3.8, 4) is 23.1 Å². The van der Waals surface area contributed by atoms with Crippen LogP contribution in [0.1, 0.15) is 0 Å². The Morgan fingerprint density at radius 3 is 2.93 bits per heavy atom. The van der Waals surface area contributed by atoms with Gasteiger partial charge in [-0.2, -0.15) is 4.98 Å². The molecule has 3 heterocycles. The number of amides is 1. The molecule has 0 bridgehead atoms. The number of hydrogen-bond acceptors (Lipinski definition) is 9. The molecule has 136 valence electrons. The van der Waals surface area contributed by atoms with Crippen molar-refractivity contribution < 1.29 is 9.32 Å². The molecule has 0 spiro atoms. The number of rotatable bonds is 6. The van der Waals surface area contributed by atoms with Gasteiger partial charge < -0.3 is 14.4 Å². The molecule has 0 atom stereocenters. The van der Waals surface area contributed by atoms with E-state index in [0.29, 0.717) is 21.9 Å². The van der Waals surface area contributed by atoms with Crippen LogP contribution in [0.4, 0.5) is 5.13 Å². The van der Waals surface area contributed by atoms with E-state index in [4.69, 9.17) is 4.52 Å². The minimum absolute atomic E-state index is 0.163. The molecule has 1 N–H and O–H groups in total. The van der Waals surface area contributed by atoms with Crippen LogP contribution in [0.25, 0.3) is 23.1 Å². The molecule has 4 rings (SSSR count). The molecule has 11 heteroatoms. The van der Waals surface area contributed by atoms with Crippen LogP contribution in [0.5, 0.6) is 0 Å². The van der Waals surface area contributed by atoms with Crippen LogP contribution in [0, 0.1) is 0 Å². The predicted octanol–water partition coefficient (Wildman–Crippen LogP) is 2.72. The number of carbonyl (C=O) groups excluding carboxylic acids is 1. The molecule has 0 aliphatic rings. The summed E-state index contributed by atoms with van der Waals surface area (Å²) >= 11 is 2.62. The Balaban J connectivity index is 1.45. The fraction of sp³-hybridized carbons (Fsp3) is 0.125. The molecule has 1 amide bonds. The topological polar surface area (TPSA) is 112 Å². The SMILES string of the molecule is Cn1c(SCC(=O)Nc2nccs2)nnc1-c1nc(-c2ccccc2)no1. The number of thiazole rings is 1. The molecule has 1 aromatic carbocycles. The Morgan fingerprint density at radius 2 is 2.15 bits per heavy atom. The normalized spacial score (nSPS) is 10.9. The van der Waals surface area contributed by atoms with Crippen molar-refractivity contribution in [3.63, 3.8) is 0 Å². The van der Waals surface area contributed by atoms with Gasteiger partial charge in [0.15, 0.2) is 10.3 Å². The number of carbonyl (C=O) groups is 1. The van der Waals surface area contributed by atoms with E-state index in [9.17, 15) is 4.79 Å². The van der Waals surface area contributed by atoms with Gasteiger partial charge in [0.2, 0.25) is 17.6 Å².